The minimum Gasteiger partial charge on any atom is -0.491 e. The van der Waals surface area contributed by atoms with Crippen LogP contribution in [-0.4, -0.2) is 26.2 Å². The molecule has 0 aromatic heterocycles. The molecular weight excluding hydrogens is 327 g/mol. The Hall–Kier alpha value is -1.44. The molecule has 4 nitrogen and oxygen atoms in total. The van der Waals surface area contributed by atoms with E-state index in [2.05, 4.69) is 26.2 Å². The van der Waals surface area contributed by atoms with Gasteiger partial charge in [-0.05, 0) is 18.2 Å². The summed E-state index contributed by atoms with van der Waals surface area (Å²) in [7, 11) is 1.50. The molecule has 0 spiro atoms. The van der Waals surface area contributed by atoms with Gasteiger partial charge in [0.2, 0.25) is 0 Å². The first kappa shape index (κ1) is 15.6. The molecule has 3 N–H and O–H groups in total. The van der Waals surface area contributed by atoms with E-state index >= 15 is 0 Å². The number of hydrogen-bond donors (Lipinski definition) is 2. The molecule has 0 aliphatic carbocycles. The van der Waals surface area contributed by atoms with E-state index in [1.165, 1.54) is 19.2 Å². The lowest BCUT2D eigenvalue weighted by molar-refractivity contribution is -0.139. The summed E-state index contributed by atoms with van der Waals surface area (Å²) in [6.07, 6.45) is -4.46. The first-order valence-corrected chi connectivity index (χ1v) is 6.09. The number of halogens is 4. The van der Waals surface area contributed by atoms with E-state index in [0.717, 1.165) is 6.07 Å². The molecule has 8 heteroatoms. The van der Waals surface area contributed by atoms with Crippen molar-refractivity contribution in [3.8, 4) is 5.75 Å². The summed E-state index contributed by atoms with van der Waals surface area (Å²) in [6, 6.07) is 3.73. The maximum atomic E-state index is 12.8. The third kappa shape index (κ3) is 4.98. The van der Waals surface area contributed by atoms with Gasteiger partial charge in [0.15, 0.2) is 5.96 Å². The molecule has 0 atom stereocenters. The number of nitrogens with one attached hydrogen (secondary N) is 1. The summed E-state index contributed by atoms with van der Waals surface area (Å²) in [4.78, 5) is 3.64. The van der Waals surface area contributed by atoms with Gasteiger partial charge in [-0.2, -0.15) is 13.2 Å². The molecule has 0 saturated carbocycles. The van der Waals surface area contributed by atoms with Crippen LogP contribution < -0.4 is 15.8 Å². The highest BCUT2D eigenvalue weighted by molar-refractivity contribution is 9.10. The van der Waals surface area contributed by atoms with Crippen molar-refractivity contribution in [3.05, 3.63) is 28.2 Å². The molecule has 1 rings (SSSR count). The second-order valence-corrected chi connectivity index (χ2v) is 4.44. The van der Waals surface area contributed by atoms with Crippen LogP contribution in [0.5, 0.6) is 5.75 Å². The Bertz CT molecular complexity index is 463. The zero-order valence-electron chi connectivity index (χ0n) is 10.1. The highest BCUT2D eigenvalue weighted by Gasteiger charge is 2.34. The van der Waals surface area contributed by atoms with E-state index in [9.17, 15) is 13.2 Å². The molecule has 0 radical (unpaired) electrons. The van der Waals surface area contributed by atoms with Crippen molar-refractivity contribution >= 4 is 21.9 Å². The van der Waals surface area contributed by atoms with Gasteiger partial charge in [-0.25, -0.2) is 0 Å². The number of rotatable bonds is 4. The fourth-order valence-electron chi connectivity index (χ4n) is 1.27. The first-order chi connectivity index (χ1) is 8.84. The van der Waals surface area contributed by atoms with Gasteiger partial charge in [-0.1, -0.05) is 15.9 Å². The summed E-state index contributed by atoms with van der Waals surface area (Å²) in [5, 5.41) is 2.68. The smallest absolute Gasteiger partial charge is 0.420 e. The molecule has 1 aromatic carbocycles. The van der Waals surface area contributed by atoms with Crippen LogP contribution in [0.15, 0.2) is 27.7 Å². The molecule has 19 heavy (non-hydrogen) atoms. The fourth-order valence-corrected chi connectivity index (χ4v) is 1.63. The van der Waals surface area contributed by atoms with Crippen molar-refractivity contribution in [2.75, 3.05) is 20.2 Å². The normalized spacial score (nSPS) is 12.4. The summed E-state index contributed by atoms with van der Waals surface area (Å²) in [6.45, 7) is 0.303. The Labute approximate surface area is 117 Å². The Morgan fingerprint density at radius 1 is 1.47 bits per heavy atom. The largest absolute Gasteiger partial charge is 0.491 e. The number of nitrogens with two attached hydrogens (primary N) is 1. The van der Waals surface area contributed by atoms with Crippen LogP contribution >= 0.6 is 15.9 Å². The average Bonchev–Trinajstić information content (AvgIpc) is 2.34. The quantitative estimate of drug-likeness (QED) is 0.503. The van der Waals surface area contributed by atoms with Crippen LogP contribution in [0, 0.1) is 0 Å². The zero-order chi connectivity index (χ0) is 14.5. The van der Waals surface area contributed by atoms with Crippen molar-refractivity contribution in [2.45, 2.75) is 6.18 Å². The summed E-state index contributed by atoms with van der Waals surface area (Å²) < 4.78 is 43.7. The Kier molecular flexibility index (Phi) is 5.46. The molecule has 0 fully saturated rings. The first-order valence-electron chi connectivity index (χ1n) is 5.30. The lowest BCUT2D eigenvalue weighted by Gasteiger charge is -2.14. The molecule has 0 aliphatic heterocycles. The van der Waals surface area contributed by atoms with E-state index in [1.807, 2.05) is 0 Å². The Balaban J connectivity index is 2.68. The van der Waals surface area contributed by atoms with Crippen LogP contribution in [0.4, 0.5) is 13.2 Å². The topological polar surface area (TPSA) is 59.6 Å². The third-order valence-electron chi connectivity index (χ3n) is 2.15. The van der Waals surface area contributed by atoms with Crippen LogP contribution in [-0.2, 0) is 6.18 Å². The second kappa shape index (κ2) is 6.65. The molecule has 0 saturated heterocycles. The maximum Gasteiger partial charge on any atom is 0.420 e. The highest BCUT2D eigenvalue weighted by atomic mass is 79.9. The highest BCUT2D eigenvalue weighted by Crippen LogP contribution is 2.37. The number of alkyl halides is 3. The summed E-state index contributed by atoms with van der Waals surface area (Å²) >= 11 is 3.00. The van der Waals surface area contributed by atoms with Crippen molar-refractivity contribution < 1.29 is 17.9 Å². The van der Waals surface area contributed by atoms with Crippen LogP contribution in [0.1, 0.15) is 5.56 Å². The van der Waals surface area contributed by atoms with Gasteiger partial charge >= 0.3 is 6.18 Å². The molecule has 0 amide bonds. The molecule has 106 valence electrons. The Morgan fingerprint density at radius 3 is 2.74 bits per heavy atom. The van der Waals surface area contributed by atoms with Crippen LogP contribution in [0.2, 0.25) is 0 Å². The van der Waals surface area contributed by atoms with E-state index in [1.54, 1.807) is 0 Å². The van der Waals surface area contributed by atoms with Gasteiger partial charge in [0, 0.05) is 11.5 Å². The Morgan fingerprint density at radius 2 is 2.16 bits per heavy atom. The van der Waals surface area contributed by atoms with Gasteiger partial charge in [-0.15, -0.1) is 0 Å². The fraction of sp³-hybridized carbons (Fsp3) is 0.364. The maximum absolute atomic E-state index is 12.8. The number of ether oxygens (including phenoxy) is 1. The monoisotopic (exact) mass is 339 g/mol. The van der Waals surface area contributed by atoms with Gasteiger partial charge in [0.25, 0.3) is 0 Å². The minimum absolute atomic E-state index is 0.0426. The lowest BCUT2D eigenvalue weighted by atomic mass is 10.2. The molecule has 0 unspecified atom stereocenters. The van der Waals surface area contributed by atoms with E-state index < -0.39 is 11.7 Å². The predicted molar refractivity (Wildman–Crippen MR) is 70.2 cm³/mol. The number of benzene rings is 1. The van der Waals surface area contributed by atoms with Crippen molar-refractivity contribution in [1.29, 1.82) is 0 Å². The zero-order valence-corrected chi connectivity index (χ0v) is 11.7. The van der Waals surface area contributed by atoms with Crippen molar-refractivity contribution in [1.82, 2.24) is 5.32 Å². The number of guanidine groups is 1. The van der Waals surface area contributed by atoms with Crippen molar-refractivity contribution in [3.63, 3.8) is 0 Å². The average molecular weight is 340 g/mol. The van der Waals surface area contributed by atoms with Crippen LogP contribution in [0.3, 0.4) is 0 Å². The van der Waals surface area contributed by atoms with Gasteiger partial charge < -0.3 is 15.8 Å². The summed E-state index contributed by atoms with van der Waals surface area (Å²) in [5.74, 6) is -0.0139. The van der Waals surface area contributed by atoms with Crippen LogP contribution in [0.25, 0.3) is 0 Å². The second-order valence-electron chi connectivity index (χ2n) is 3.52. The van der Waals surface area contributed by atoms with Crippen molar-refractivity contribution in [2.24, 2.45) is 10.7 Å². The van der Waals surface area contributed by atoms with E-state index in [4.69, 9.17) is 10.5 Å². The van der Waals surface area contributed by atoms with Gasteiger partial charge in [0.05, 0.1) is 12.1 Å². The third-order valence-corrected chi connectivity index (χ3v) is 2.65. The molecule has 0 heterocycles. The van der Waals surface area contributed by atoms with E-state index in [-0.39, 0.29) is 24.9 Å². The molecular formula is C11H13BrF3N3O. The predicted octanol–water partition coefficient (Wildman–Crippen LogP) is 2.38. The van der Waals surface area contributed by atoms with E-state index in [0.29, 0.717) is 4.47 Å². The number of nitrogens with zero attached hydrogens (tertiary/aromatic N) is 1. The van der Waals surface area contributed by atoms with Gasteiger partial charge in [-0.3, -0.25) is 4.99 Å². The standard InChI is InChI=1S/C11H13BrF3N3O/c1-17-10(16)18-4-5-19-9-3-2-7(12)6-8(9)11(13,14)15/h2-3,6H,4-5H2,1H3,(H3,16,17,18). The SMILES string of the molecule is CN=C(N)NCCOc1ccc(Br)cc1C(F)(F)F. The summed E-state index contributed by atoms with van der Waals surface area (Å²) in [5.41, 5.74) is 4.55. The number of hydrogen-bond acceptors (Lipinski definition) is 2. The minimum atomic E-state index is -4.46. The van der Waals surface area contributed by atoms with Gasteiger partial charge in [0.1, 0.15) is 12.4 Å². The molecule has 0 bridgehead atoms. The lowest BCUT2D eigenvalue weighted by Crippen LogP contribution is -2.34. The number of aliphatic imine (C=N–C) groups is 1. The molecule has 0 aliphatic rings. The molecule has 1 aromatic rings.